The first kappa shape index (κ1) is 21.2. The van der Waals surface area contributed by atoms with E-state index in [-0.39, 0.29) is 23.7 Å². The van der Waals surface area contributed by atoms with Crippen LogP contribution in [0.5, 0.6) is 5.75 Å². The first-order valence-electron chi connectivity index (χ1n) is 9.15. The summed E-state index contributed by atoms with van der Waals surface area (Å²) < 4.78 is 27.3. The number of phenols is 1. The van der Waals surface area contributed by atoms with Crippen LogP contribution in [0.15, 0.2) is 94.9 Å². The summed E-state index contributed by atoms with van der Waals surface area (Å²) in [6, 6.07) is 23.3. The SMILES string of the molecule is O=C(CN(Cc1ccccc1)S(=O)(=O)c1ccccc1)N/N=C/c1ccc(O)cc1. The van der Waals surface area contributed by atoms with Crippen molar-refractivity contribution in [3.05, 3.63) is 96.1 Å². The second-order valence-corrected chi connectivity index (χ2v) is 8.39. The summed E-state index contributed by atoms with van der Waals surface area (Å²) in [5, 5.41) is 13.1. The van der Waals surface area contributed by atoms with E-state index in [0.29, 0.717) is 5.56 Å². The van der Waals surface area contributed by atoms with Gasteiger partial charge < -0.3 is 5.11 Å². The van der Waals surface area contributed by atoms with E-state index in [4.69, 9.17) is 0 Å². The van der Waals surface area contributed by atoms with E-state index in [2.05, 4.69) is 10.5 Å². The lowest BCUT2D eigenvalue weighted by atomic mass is 10.2. The number of carbonyl (C=O) groups is 1. The van der Waals surface area contributed by atoms with Gasteiger partial charge in [0.25, 0.3) is 5.91 Å². The third-order valence-electron chi connectivity index (χ3n) is 4.20. The van der Waals surface area contributed by atoms with Crippen LogP contribution in [-0.4, -0.2) is 36.5 Å². The van der Waals surface area contributed by atoms with Crippen LogP contribution in [0.4, 0.5) is 0 Å². The smallest absolute Gasteiger partial charge is 0.255 e. The van der Waals surface area contributed by atoms with Gasteiger partial charge in [-0.2, -0.15) is 9.41 Å². The molecule has 3 aromatic carbocycles. The molecule has 0 aromatic heterocycles. The predicted octanol–water partition coefficient (Wildman–Crippen LogP) is 2.73. The fourth-order valence-corrected chi connectivity index (χ4v) is 4.09. The van der Waals surface area contributed by atoms with E-state index in [1.165, 1.54) is 30.5 Å². The van der Waals surface area contributed by atoms with Crippen molar-refractivity contribution in [3.8, 4) is 5.75 Å². The van der Waals surface area contributed by atoms with Gasteiger partial charge in [-0.15, -0.1) is 0 Å². The molecule has 8 heteroatoms. The minimum atomic E-state index is -3.88. The highest BCUT2D eigenvalue weighted by molar-refractivity contribution is 7.89. The summed E-state index contributed by atoms with van der Waals surface area (Å²) >= 11 is 0. The maximum Gasteiger partial charge on any atom is 0.255 e. The summed E-state index contributed by atoms with van der Waals surface area (Å²) in [5.74, 6) is -0.445. The summed E-state index contributed by atoms with van der Waals surface area (Å²) in [4.78, 5) is 12.5. The highest BCUT2D eigenvalue weighted by atomic mass is 32.2. The van der Waals surface area contributed by atoms with Crippen LogP contribution in [0, 0.1) is 0 Å². The molecular formula is C22H21N3O4S. The Kier molecular flexibility index (Phi) is 6.95. The molecule has 30 heavy (non-hydrogen) atoms. The third-order valence-corrected chi connectivity index (χ3v) is 6.00. The fraction of sp³-hybridized carbons (Fsp3) is 0.0909. The van der Waals surface area contributed by atoms with E-state index in [9.17, 15) is 18.3 Å². The average Bonchev–Trinajstić information content (AvgIpc) is 2.76. The molecule has 0 radical (unpaired) electrons. The van der Waals surface area contributed by atoms with Gasteiger partial charge in [-0.25, -0.2) is 13.8 Å². The van der Waals surface area contributed by atoms with E-state index >= 15 is 0 Å². The molecule has 0 unspecified atom stereocenters. The minimum absolute atomic E-state index is 0.0488. The van der Waals surface area contributed by atoms with E-state index in [1.807, 2.05) is 18.2 Å². The molecular weight excluding hydrogens is 402 g/mol. The van der Waals surface area contributed by atoms with Crippen molar-refractivity contribution in [1.29, 1.82) is 0 Å². The minimum Gasteiger partial charge on any atom is -0.508 e. The van der Waals surface area contributed by atoms with Crippen molar-refractivity contribution >= 4 is 22.1 Å². The van der Waals surface area contributed by atoms with Gasteiger partial charge in [0.05, 0.1) is 17.7 Å². The van der Waals surface area contributed by atoms with E-state index < -0.39 is 15.9 Å². The summed E-state index contributed by atoms with van der Waals surface area (Å²) in [5.41, 5.74) is 3.78. The Morgan fingerprint density at radius 1 is 0.933 bits per heavy atom. The Morgan fingerprint density at radius 2 is 1.53 bits per heavy atom. The van der Waals surface area contributed by atoms with Gasteiger partial charge >= 0.3 is 0 Å². The van der Waals surface area contributed by atoms with Crippen LogP contribution in [0.25, 0.3) is 0 Å². The number of nitrogens with zero attached hydrogens (tertiary/aromatic N) is 2. The zero-order valence-electron chi connectivity index (χ0n) is 16.0. The Labute approximate surface area is 175 Å². The van der Waals surface area contributed by atoms with Crippen LogP contribution >= 0.6 is 0 Å². The fourth-order valence-electron chi connectivity index (χ4n) is 2.69. The van der Waals surface area contributed by atoms with Gasteiger partial charge in [0.15, 0.2) is 0 Å². The van der Waals surface area contributed by atoms with Gasteiger partial charge in [0.1, 0.15) is 5.75 Å². The molecule has 0 bridgehead atoms. The monoisotopic (exact) mass is 423 g/mol. The van der Waals surface area contributed by atoms with E-state index in [0.717, 1.165) is 9.87 Å². The van der Waals surface area contributed by atoms with Gasteiger partial charge in [0, 0.05) is 6.54 Å². The molecule has 2 N–H and O–H groups in total. The normalized spacial score (nSPS) is 11.6. The first-order valence-corrected chi connectivity index (χ1v) is 10.6. The summed E-state index contributed by atoms with van der Waals surface area (Å²) in [7, 11) is -3.88. The highest BCUT2D eigenvalue weighted by Gasteiger charge is 2.26. The van der Waals surface area contributed by atoms with Gasteiger partial charge in [-0.3, -0.25) is 4.79 Å². The van der Waals surface area contributed by atoms with Crippen molar-refractivity contribution in [2.24, 2.45) is 5.10 Å². The molecule has 0 spiro atoms. The van der Waals surface area contributed by atoms with Gasteiger partial charge in [-0.05, 0) is 47.5 Å². The number of sulfonamides is 1. The highest BCUT2D eigenvalue weighted by Crippen LogP contribution is 2.18. The number of hydrazone groups is 1. The maximum atomic E-state index is 13.1. The second-order valence-electron chi connectivity index (χ2n) is 6.46. The second kappa shape index (κ2) is 9.82. The lowest BCUT2D eigenvalue weighted by Gasteiger charge is -2.21. The van der Waals surface area contributed by atoms with Crippen LogP contribution in [-0.2, 0) is 21.4 Å². The van der Waals surface area contributed by atoms with Crippen LogP contribution in [0.1, 0.15) is 11.1 Å². The largest absolute Gasteiger partial charge is 0.508 e. The van der Waals surface area contributed by atoms with Crippen LogP contribution in [0.3, 0.4) is 0 Å². The zero-order chi connectivity index (χ0) is 21.4. The Bertz CT molecular complexity index is 1100. The van der Waals surface area contributed by atoms with Crippen molar-refractivity contribution in [2.75, 3.05) is 6.54 Å². The zero-order valence-corrected chi connectivity index (χ0v) is 16.9. The number of hydrogen-bond acceptors (Lipinski definition) is 5. The van der Waals surface area contributed by atoms with Crippen molar-refractivity contribution in [1.82, 2.24) is 9.73 Å². The summed E-state index contributed by atoms with van der Waals surface area (Å²) in [6.45, 7) is -0.341. The molecule has 1 amide bonds. The quantitative estimate of drug-likeness (QED) is 0.430. The van der Waals surface area contributed by atoms with Crippen molar-refractivity contribution < 1.29 is 18.3 Å². The molecule has 3 rings (SSSR count). The number of aromatic hydroxyl groups is 1. The molecule has 0 aliphatic heterocycles. The third kappa shape index (κ3) is 5.76. The molecule has 3 aromatic rings. The van der Waals surface area contributed by atoms with Crippen molar-refractivity contribution in [3.63, 3.8) is 0 Å². The summed E-state index contributed by atoms with van der Waals surface area (Å²) in [6.07, 6.45) is 1.41. The predicted molar refractivity (Wildman–Crippen MR) is 114 cm³/mol. The molecule has 0 aliphatic carbocycles. The number of nitrogens with one attached hydrogen (secondary N) is 1. The topological polar surface area (TPSA) is 99.1 Å². The molecule has 0 saturated carbocycles. The standard InChI is InChI=1S/C22H21N3O4S/c26-20-13-11-18(12-14-20)15-23-24-22(27)17-25(16-19-7-3-1-4-8-19)30(28,29)21-9-5-2-6-10-21/h1-15,26H,16-17H2,(H,24,27)/b23-15+. The molecule has 0 atom stereocenters. The van der Waals surface area contributed by atoms with E-state index in [1.54, 1.807) is 42.5 Å². The number of rotatable bonds is 8. The first-order chi connectivity index (χ1) is 14.4. The maximum absolute atomic E-state index is 13.1. The molecule has 0 aliphatic rings. The number of hydrogen-bond donors (Lipinski definition) is 2. The number of carbonyl (C=O) groups excluding carboxylic acids is 1. The molecule has 7 nitrogen and oxygen atoms in total. The molecule has 0 fully saturated rings. The van der Waals surface area contributed by atoms with Crippen LogP contribution in [0.2, 0.25) is 0 Å². The van der Waals surface area contributed by atoms with Gasteiger partial charge in [0.2, 0.25) is 10.0 Å². The number of benzene rings is 3. The number of amides is 1. The lowest BCUT2D eigenvalue weighted by Crippen LogP contribution is -2.39. The Hall–Kier alpha value is -3.49. The lowest BCUT2D eigenvalue weighted by molar-refractivity contribution is -0.121. The molecule has 0 heterocycles. The number of phenolic OH excluding ortho intramolecular Hbond substituents is 1. The molecule has 154 valence electrons. The Balaban J connectivity index is 1.74. The Morgan fingerprint density at radius 3 is 2.17 bits per heavy atom. The van der Waals surface area contributed by atoms with Gasteiger partial charge in [-0.1, -0.05) is 48.5 Å². The van der Waals surface area contributed by atoms with Crippen LogP contribution < -0.4 is 5.43 Å². The molecule has 0 saturated heterocycles. The van der Waals surface area contributed by atoms with Crippen molar-refractivity contribution in [2.45, 2.75) is 11.4 Å². The average molecular weight is 423 g/mol.